The molecule has 4 nitrogen and oxygen atoms in total. The summed E-state index contributed by atoms with van der Waals surface area (Å²) in [4.78, 5) is 10.9. The number of nitrogens with one attached hydrogen (secondary N) is 1. The van der Waals surface area contributed by atoms with Crippen LogP contribution in [0.1, 0.15) is 24.2 Å². The van der Waals surface area contributed by atoms with Crippen LogP contribution in [0.5, 0.6) is 0 Å². The van der Waals surface area contributed by atoms with Crippen molar-refractivity contribution < 1.29 is 9.90 Å². The number of benzene rings is 1. The molecule has 0 aliphatic rings. The van der Waals surface area contributed by atoms with E-state index in [0.29, 0.717) is 11.4 Å². The molecule has 14 heavy (non-hydrogen) atoms. The van der Waals surface area contributed by atoms with Crippen LogP contribution in [-0.4, -0.2) is 17.1 Å². The van der Waals surface area contributed by atoms with E-state index in [9.17, 15) is 4.79 Å². The van der Waals surface area contributed by atoms with E-state index in [0.717, 1.165) is 0 Å². The fourth-order valence-corrected chi connectivity index (χ4v) is 1.18. The summed E-state index contributed by atoms with van der Waals surface area (Å²) in [5.41, 5.74) is 6.77. The fourth-order valence-electron chi connectivity index (χ4n) is 1.18. The molecule has 0 aliphatic carbocycles. The first-order valence-electron chi connectivity index (χ1n) is 4.40. The van der Waals surface area contributed by atoms with Gasteiger partial charge in [0.15, 0.2) is 0 Å². The van der Waals surface area contributed by atoms with Gasteiger partial charge in [-0.15, -0.1) is 0 Å². The maximum absolute atomic E-state index is 10.9. The Hall–Kier alpha value is -1.71. The minimum Gasteiger partial charge on any atom is -0.478 e. The molecule has 4 N–H and O–H groups in total. The van der Waals surface area contributed by atoms with E-state index in [2.05, 4.69) is 5.32 Å². The van der Waals surface area contributed by atoms with Crippen molar-refractivity contribution >= 4 is 17.3 Å². The third kappa shape index (κ3) is 2.39. The lowest BCUT2D eigenvalue weighted by Crippen LogP contribution is -2.13. The zero-order valence-corrected chi connectivity index (χ0v) is 8.24. The van der Waals surface area contributed by atoms with Crippen LogP contribution >= 0.6 is 0 Å². The van der Waals surface area contributed by atoms with Gasteiger partial charge in [0, 0.05) is 17.4 Å². The zero-order chi connectivity index (χ0) is 10.7. The summed E-state index contributed by atoms with van der Waals surface area (Å²) in [6, 6.07) is 5.00. The average Bonchev–Trinajstić information content (AvgIpc) is 2.07. The number of rotatable bonds is 3. The molecule has 0 radical (unpaired) electrons. The van der Waals surface area contributed by atoms with Crippen molar-refractivity contribution in [1.29, 1.82) is 0 Å². The van der Waals surface area contributed by atoms with Crippen molar-refractivity contribution in [2.24, 2.45) is 0 Å². The van der Waals surface area contributed by atoms with Gasteiger partial charge in [0.05, 0.1) is 5.56 Å². The highest BCUT2D eigenvalue weighted by Gasteiger charge is 2.10. The van der Waals surface area contributed by atoms with Gasteiger partial charge in [-0.1, -0.05) is 0 Å². The number of nitrogen functional groups attached to an aromatic ring is 1. The smallest absolute Gasteiger partial charge is 0.337 e. The second-order valence-electron chi connectivity index (χ2n) is 3.41. The SMILES string of the molecule is CC(C)Nc1ccc(N)cc1C(=O)O. The second-order valence-corrected chi connectivity index (χ2v) is 3.41. The number of anilines is 2. The largest absolute Gasteiger partial charge is 0.478 e. The summed E-state index contributed by atoms with van der Waals surface area (Å²) in [6.07, 6.45) is 0. The van der Waals surface area contributed by atoms with Crippen molar-refractivity contribution in [3.63, 3.8) is 0 Å². The molecule has 4 heteroatoms. The first-order valence-corrected chi connectivity index (χ1v) is 4.40. The molecular weight excluding hydrogens is 180 g/mol. The number of nitrogens with two attached hydrogens (primary N) is 1. The van der Waals surface area contributed by atoms with Crippen molar-refractivity contribution in [1.82, 2.24) is 0 Å². The first-order chi connectivity index (χ1) is 6.50. The summed E-state index contributed by atoms with van der Waals surface area (Å²) in [5.74, 6) is -0.972. The fraction of sp³-hybridized carbons (Fsp3) is 0.300. The number of hydrogen-bond acceptors (Lipinski definition) is 3. The molecule has 0 saturated carbocycles. The molecule has 0 aliphatic heterocycles. The van der Waals surface area contributed by atoms with Crippen LogP contribution in [0.4, 0.5) is 11.4 Å². The molecule has 76 valence electrons. The number of hydrogen-bond donors (Lipinski definition) is 3. The van der Waals surface area contributed by atoms with Gasteiger partial charge in [-0.3, -0.25) is 0 Å². The van der Waals surface area contributed by atoms with E-state index in [-0.39, 0.29) is 11.6 Å². The normalized spacial score (nSPS) is 10.2. The van der Waals surface area contributed by atoms with E-state index in [4.69, 9.17) is 10.8 Å². The number of carbonyl (C=O) groups is 1. The van der Waals surface area contributed by atoms with Gasteiger partial charge in [0.1, 0.15) is 0 Å². The van der Waals surface area contributed by atoms with Crippen molar-refractivity contribution in [2.75, 3.05) is 11.1 Å². The van der Waals surface area contributed by atoms with Crippen LogP contribution in [0, 0.1) is 0 Å². The van der Waals surface area contributed by atoms with Crippen LogP contribution < -0.4 is 11.1 Å². The maximum Gasteiger partial charge on any atom is 0.337 e. The van der Waals surface area contributed by atoms with Crippen molar-refractivity contribution in [3.8, 4) is 0 Å². The highest BCUT2D eigenvalue weighted by molar-refractivity contribution is 5.95. The minimum absolute atomic E-state index is 0.191. The topological polar surface area (TPSA) is 75.3 Å². The summed E-state index contributed by atoms with van der Waals surface area (Å²) in [7, 11) is 0. The molecule has 0 unspecified atom stereocenters. The zero-order valence-electron chi connectivity index (χ0n) is 8.24. The Balaban J connectivity index is 3.08. The van der Waals surface area contributed by atoms with Crippen LogP contribution in [0.2, 0.25) is 0 Å². The molecule has 1 rings (SSSR count). The molecule has 0 fully saturated rings. The lowest BCUT2D eigenvalue weighted by Gasteiger charge is -2.12. The monoisotopic (exact) mass is 194 g/mol. The van der Waals surface area contributed by atoms with Gasteiger partial charge >= 0.3 is 5.97 Å². The molecule has 1 aromatic rings. The number of aromatic carboxylic acids is 1. The van der Waals surface area contributed by atoms with E-state index in [1.54, 1.807) is 12.1 Å². The van der Waals surface area contributed by atoms with Crippen LogP contribution in [0.15, 0.2) is 18.2 Å². The van der Waals surface area contributed by atoms with E-state index in [1.165, 1.54) is 6.07 Å². The molecule has 0 aromatic heterocycles. The summed E-state index contributed by atoms with van der Waals surface area (Å²) >= 11 is 0. The van der Waals surface area contributed by atoms with Gasteiger partial charge < -0.3 is 16.2 Å². The summed E-state index contributed by atoms with van der Waals surface area (Å²) in [5, 5.41) is 12.0. The Kier molecular flexibility index (Phi) is 2.96. The van der Waals surface area contributed by atoms with Gasteiger partial charge in [-0.25, -0.2) is 4.79 Å². The molecule has 1 aromatic carbocycles. The van der Waals surface area contributed by atoms with Gasteiger partial charge in [-0.2, -0.15) is 0 Å². The summed E-state index contributed by atoms with van der Waals surface area (Å²) in [6.45, 7) is 3.89. The van der Waals surface area contributed by atoms with E-state index < -0.39 is 5.97 Å². The molecule has 0 atom stereocenters. The maximum atomic E-state index is 10.9. The third-order valence-corrected chi connectivity index (χ3v) is 1.72. The quantitative estimate of drug-likeness (QED) is 0.641. The highest BCUT2D eigenvalue weighted by atomic mass is 16.4. The highest BCUT2D eigenvalue weighted by Crippen LogP contribution is 2.19. The van der Waals surface area contributed by atoms with Crippen molar-refractivity contribution in [2.45, 2.75) is 19.9 Å². The van der Waals surface area contributed by atoms with Gasteiger partial charge in [0.2, 0.25) is 0 Å². The predicted molar refractivity (Wildman–Crippen MR) is 56.6 cm³/mol. The summed E-state index contributed by atoms with van der Waals surface area (Å²) < 4.78 is 0. The van der Waals surface area contributed by atoms with Crippen LogP contribution in [-0.2, 0) is 0 Å². The molecule has 0 heterocycles. The number of carboxylic acids is 1. The minimum atomic E-state index is -0.972. The molecule has 0 saturated heterocycles. The van der Waals surface area contributed by atoms with Crippen LogP contribution in [0.3, 0.4) is 0 Å². The molecule has 0 spiro atoms. The van der Waals surface area contributed by atoms with Crippen molar-refractivity contribution in [3.05, 3.63) is 23.8 Å². The molecule has 0 amide bonds. The van der Waals surface area contributed by atoms with E-state index in [1.807, 2.05) is 13.8 Å². The first kappa shape index (κ1) is 10.4. The van der Waals surface area contributed by atoms with Gasteiger partial charge in [-0.05, 0) is 32.0 Å². The Morgan fingerprint density at radius 1 is 1.50 bits per heavy atom. The standard InChI is InChI=1S/C10H14N2O2/c1-6(2)12-9-4-3-7(11)5-8(9)10(13)14/h3-6,12H,11H2,1-2H3,(H,13,14). The Morgan fingerprint density at radius 3 is 2.64 bits per heavy atom. The third-order valence-electron chi connectivity index (χ3n) is 1.72. The molecular formula is C10H14N2O2. The number of carboxylic acid groups (broad SMARTS) is 1. The Bertz CT molecular complexity index is 348. The Labute approximate surface area is 82.7 Å². The predicted octanol–water partition coefficient (Wildman–Crippen LogP) is 1.79. The molecule has 0 bridgehead atoms. The Morgan fingerprint density at radius 2 is 2.14 bits per heavy atom. The second kappa shape index (κ2) is 4.00. The average molecular weight is 194 g/mol. The van der Waals surface area contributed by atoms with Gasteiger partial charge in [0.25, 0.3) is 0 Å². The lowest BCUT2D eigenvalue weighted by atomic mass is 10.1. The van der Waals surface area contributed by atoms with Crippen LogP contribution in [0.25, 0.3) is 0 Å². The van der Waals surface area contributed by atoms with E-state index >= 15 is 0 Å². The lowest BCUT2D eigenvalue weighted by molar-refractivity contribution is 0.0698.